The molecule has 0 N–H and O–H groups in total. The monoisotopic (exact) mass is 166 g/mol. The second-order valence-corrected chi connectivity index (χ2v) is 2.82. The molecular weight excluding hydrogens is 163 g/mol. The molecule has 0 aromatic heterocycles. The van der Waals surface area contributed by atoms with Crippen LogP contribution in [-0.4, -0.2) is 10.5 Å². The molecule has 0 aromatic rings. The zero-order valence-electron chi connectivity index (χ0n) is 4.49. The molecule has 1 rings (SSSR count). The van der Waals surface area contributed by atoms with Crippen molar-refractivity contribution in [3.05, 3.63) is 0 Å². The molecule has 1 fully saturated rings. The molecule has 1 aliphatic rings. The van der Waals surface area contributed by atoms with E-state index in [0.717, 1.165) is 0 Å². The molecule has 0 bridgehead atoms. The van der Waals surface area contributed by atoms with Gasteiger partial charge in [0, 0.05) is 0 Å². The van der Waals surface area contributed by atoms with Gasteiger partial charge in [0.15, 0.2) is 0 Å². The third-order valence-corrected chi connectivity index (χ3v) is 2.23. The van der Waals surface area contributed by atoms with Crippen LogP contribution in [0.2, 0.25) is 0 Å². The maximum Gasteiger partial charge on any atom is 0.236 e. The summed E-state index contributed by atoms with van der Waals surface area (Å²) in [5, 5.41) is -1.25. The van der Waals surface area contributed by atoms with Gasteiger partial charge in [0.25, 0.3) is 0 Å². The minimum atomic E-state index is -0.997. The Morgan fingerprint density at radius 1 is 1.11 bits per heavy atom. The zero-order valence-corrected chi connectivity index (χ0v) is 6.00. The van der Waals surface area contributed by atoms with E-state index in [4.69, 9.17) is 23.2 Å². The lowest BCUT2D eigenvalue weighted by atomic mass is 10.2. The fourth-order valence-corrected chi connectivity index (χ4v) is 1.19. The average Bonchev–Trinajstić information content (AvgIpc) is 2.40. The number of carbonyl (C=O) groups excluding carboxylic acids is 2. The summed E-state index contributed by atoms with van der Waals surface area (Å²) in [4.78, 5) is 20.9. The Morgan fingerprint density at radius 2 is 1.44 bits per heavy atom. The normalized spacial score (nSPS) is 21.1. The molecule has 0 aliphatic heterocycles. The minimum Gasteiger partial charge on any atom is -0.280 e. The topological polar surface area (TPSA) is 34.1 Å². The molecule has 0 amide bonds. The van der Waals surface area contributed by atoms with Gasteiger partial charge < -0.3 is 0 Å². The van der Waals surface area contributed by atoms with Crippen molar-refractivity contribution in [2.75, 3.05) is 0 Å². The van der Waals surface area contributed by atoms with Gasteiger partial charge in [-0.25, -0.2) is 0 Å². The third kappa shape index (κ3) is 0.970. The number of carbonyl (C=O) groups is 2. The summed E-state index contributed by atoms with van der Waals surface area (Å²) in [6.07, 6.45) is 1.02. The lowest BCUT2D eigenvalue weighted by Gasteiger charge is -1.98. The van der Waals surface area contributed by atoms with Crippen molar-refractivity contribution in [3.8, 4) is 0 Å². The molecule has 4 heteroatoms. The van der Waals surface area contributed by atoms with E-state index in [1.54, 1.807) is 0 Å². The van der Waals surface area contributed by atoms with Crippen LogP contribution in [0.5, 0.6) is 0 Å². The Morgan fingerprint density at radius 3 is 1.44 bits per heavy atom. The van der Waals surface area contributed by atoms with Gasteiger partial charge in [0.05, 0.1) is 0 Å². The molecule has 50 valence electrons. The van der Waals surface area contributed by atoms with Crippen LogP contribution >= 0.6 is 23.2 Å². The molecule has 0 atom stereocenters. The van der Waals surface area contributed by atoms with E-state index in [1.807, 2.05) is 0 Å². The van der Waals surface area contributed by atoms with Crippen molar-refractivity contribution in [1.82, 2.24) is 0 Å². The number of halogens is 2. The predicted molar refractivity (Wildman–Crippen MR) is 33.4 cm³/mol. The molecule has 0 spiro atoms. The van der Waals surface area contributed by atoms with Crippen LogP contribution in [-0.2, 0) is 9.59 Å². The highest BCUT2D eigenvalue weighted by Gasteiger charge is 2.54. The second kappa shape index (κ2) is 1.96. The molecule has 0 heterocycles. The van der Waals surface area contributed by atoms with Crippen molar-refractivity contribution in [3.63, 3.8) is 0 Å². The van der Waals surface area contributed by atoms with Crippen LogP contribution in [0, 0.1) is 5.41 Å². The predicted octanol–water partition coefficient (Wildman–Crippen LogP) is 1.30. The Kier molecular flexibility index (Phi) is 1.53. The fraction of sp³-hybridized carbons (Fsp3) is 0.600. The first kappa shape index (κ1) is 7.03. The summed E-state index contributed by atoms with van der Waals surface area (Å²) in [6.45, 7) is 0. The van der Waals surface area contributed by atoms with E-state index in [0.29, 0.717) is 12.8 Å². The fourth-order valence-electron chi connectivity index (χ4n) is 0.595. The summed E-state index contributed by atoms with van der Waals surface area (Å²) >= 11 is 10.2. The van der Waals surface area contributed by atoms with Crippen molar-refractivity contribution >= 4 is 33.7 Å². The van der Waals surface area contributed by atoms with E-state index in [1.165, 1.54) is 0 Å². The zero-order chi connectivity index (χ0) is 7.07. The molecule has 1 aliphatic carbocycles. The van der Waals surface area contributed by atoms with E-state index in [2.05, 4.69) is 0 Å². The van der Waals surface area contributed by atoms with Gasteiger partial charge in [-0.2, -0.15) is 0 Å². The summed E-state index contributed by atoms with van der Waals surface area (Å²) in [5.74, 6) is 0. The van der Waals surface area contributed by atoms with Crippen molar-refractivity contribution in [2.24, 2.45) is 5.41 Å². The first-order valence-electron chi connectivity index (χ1n) is 2.49. The molecule has 0 radical (unpaired) electrons. The Hall–Kier alpha value is -0.0800. The van der Waals surface area contributed by atoms with Gasteiger partial charge in [0.1, 0.15) is 5.41 Å². The van der Waals surface area contributed by atoms with Gasteiger partial charge in [-0.15, -0.1) is 0 Å². The molecular formula is C5H4Cl2O2. The van der Waals surface area contributed by atoms with Gasteiger partial charge in [-0.3, -0.25) is 9.59 Å². The highest BCUT2D eigenvalue weighted by Crippen LogP contribution is 2.49. The summed E-state index contributed by atoms with van der Waals surface area (Å²) < 4.78 is 0. The largest absolute Gasteiger partial charge is 0.280 e. The van der Waals surface area contributed by atoms with Crippen LogP contribution in [0.25, 0.3) is 0 Å². The molecule has 1 saturated carbocycles. The lowest BCUT2D eigenvalue weighted by molar-refractivity contribution is -0.125. The molecule has 0 saturated heterocycles. The van der Waals surface area contributed by atoms with Crippen LogP contribution in [0.1, 0.15) is 12.8 Å². The van der Waals surface area contributed by atoms with E-state index in [-0.39, 0.29) is 0 Å². The van der Waals surface area contributed by atoms with E-state index >= 15 is 0 Å². The summed E-state index contributed by atoms with van der Waals surface area (Å²) in [5.41, 5.74) is -0.997. The summed E-state index contributed by atoms with van der Waals surface area (Å²) in [7, 11) is 0. The number of rotatable bonds is 2. The van der Waals surface area contributed by atoms with Crippen molar-refractivity contribution < 1.29 is 9.59 Å². The quantitative estimate of drug-likeness (QED) is 0.458. The molecule has 0 unspecified atom stereocenters. The summed E-state index contributed by atoms with van der Waals surface area (Å²) in [6, 6.07) is 0. The Labute approximate surface area is 62.1 Å². The van der Waals surface area contributed by atoms with E-state index < -0.39 is 15.9 Å². The van der Waals surface area contributed by atoms with Crippen LogP contribution in [0.15, 0.2) is 0 Å². The van der Waals surface area contributed by atoms with E-state index in [9.17, 15) is 9.59 Å². The number of hydrogen-bond donors (Lipinski definition) is 0. The first-order chi connectivity index (χ1) is 4.09. The highest BCUT2D eigenvalue weighted by molar-refractivity contribution is 6.75. The minimum absolute atomic E-state index is 0.512. The number of hydrogen-bond acceptors (Lipinski definition) is 2. The van der Waals surface area contributed by atoms with Crippen LogP contribution < -0.4 is 0 Å². The lowest BCUT2D eigenvalue weighted by Crippen LogP contribution is -2.16. The smallest absolute Gasteiger partial charge is 0.236 e. The first-order valence-corrected chi connectivity index (χ1v) is 3.25. The van der Waals surface area contributed by atoms with Crippen molar-refractivity contribution in [2.45, 2.75) is 12.8 Å². The maximum atomic E-state index is 10.4. The molecule has 0 aromatic carbocycles. The molecule has 9 heavy (non-hydrogen) atoms. The van der Waals surface area contributed by atoms with Gasteiger partial charge in [-0.1, -0.05) is 0 Å². The highest BCUT2D eigenvalue weighted by atomic mass is 35.5. The van der Waals surface area contributed by atoms with Gasteiger partial charge >= 0.3 is 0 Å². The SMILES string of the molecule is O=C(Cl)C1(C(=O)Cl)CC1. The van der Waals surface area contributed by atoms with Gasteiger partial charge in [0.2, 0.25) is 10.5 Å². The third-order valence-electron chi connectivity index (χ3n) is 1.50. The van der Waals surface area contributed by atoms with Crippen LogP contribution in [0.4, 0.5) is 0 Å². The van der Waals surface area contributed by atoms with Gasteiger partial charge in [-0.05, 0) is 36.0 Å². The Bertz CT molecular complexity index is 156. The molecule has 2 nitrogen and oxygen atoms in total. The maximum absolute atomic E-state index is 10.4. The van der Waals surface area contributed by atoms with Crippen LogP contribution in [0.3, 0.4) is 0 Å². The Balaban J connectivity index is 2.75. The second-order valence-electron chi connectivity index (χ2n) is 2.13. The standard InChI is InChI=1S/C5H4Cl2O2/c6-3(8)5(1-2-5)4(7)9/h1-2H2. The average molecular weight is 167 g/mol. The van der Waals surface area contributed by atoms with Crippen molar-refractivity contribution in [1.29, 1.82) is 0 Å².